The van der Waals surface area contributed by atoms with Gasteiger partial charge in [0.1, 0.15) is 5.69 Å². The molecule has 7 rings (SSSR count). The number of hydrogen-bond acceptors (Lipinski definition) is 12. The number of halogens is 1. The van der Waals surface area contributed by atoms with Gasteiger partial charge in [-0.3, -0.25) is 28.9 Å². The fraction of sp³-hybridized carbons (Fsp3) is 0.295. The van der Waals surface area contributed by atoms with E-state index in [9.17, 15) is 32.4 Å². The zero-order valence-electron chi connectivity index (χ0n) is 33.4. The topological polar surface area (TPSA) is 169 Å². The van der Waals surface area contributed by atoms with Crippen molar-refractivity contribution in [3.8, 4) is 11.1 Å². The van der Waals surface area contributed by atoms with Gasteiger partial charge >= 0.3 is 0 Å². The van der Waals surface area contributed by atoms with Gasteiger partial charge in [0.15, 0.2) is 0 Å². The lowest BCUT2D eigenvalue weighted by atomic mass is 9.99. The molecule has 0 radical (unpaired) electrons. The molecule has 2 saturated heterocycles. The van der Waals surface area contributed by atoms with E-state index < -0.39 is 42.0 Å². The van der Waals surface area contributed by atoms with E-state index in [-0.39, 0.29) is 17.3 Å². The summed E-state index contributed by atoms with van der Waals surface area (Å²) >= 11 is 7.99. The van der Waals surface area contributed by atoms with Crippen LogP contribution in [0.4, 0.5) is 17.1 Å². The number of amides is 1. The number of thioether (sulfide) groups is 1. The molecule has 322 valence electrons. The number of hydrogen-bond donors (Lipinski definition) is 4. The molecular weight excluding hydrogens is 856 g/mol. The third-order valence-electron chi connectivity index (χ3n) is 10.9. The van der Waals surface area contributed by atoms with E-state index in [0.29, 0.717) is 48.3 Å². The molecule has 0 aromatic heterocycles. The van der Waals surface area contributed by atoms with Crippen molar-refractivity contribution < 1.29 is 27.2 Å². The van der Waals surface area contributed by atoms with Crippen LogP contribution in [0.2, 0.25) is 5.02 Å². The van der Waals surface area contributed by atoms with Crippen molar-refractivity contribution in [2.24, 2.45) is 0 Å². The number of sulfonamides is 1. The number of nitrogens with one attached hydrogen (secondary N) is 2. The predicted molar refractivity (Wildman–Crippen MR) is 247 cm³/mol. The summed E-state index contributed by atoms with van der Waals surface area (Å²) in [6.45, 7) is 5.61. The van der Waals surface area contributed by atoms with E-state index in [1.165, 1.54) is 12.1 Å². The molecule has 17 heteroatoms. The van der Waals surface area contributed by atoms with Crippen LogP contribution in [-0.4, -0.2) is 107 Å². The minimum absolute atomic E-state index is 0.130. The van der Waals surface area contributed by atoms with Gasteiger partial charge in [0, 0.05) is 91.4 Å². The van der Waals surface area contributed by atoms with Crippen LogP contribution in [0.25, 0.3) is 11.1 Å². The summed E-state index contributed by atoms with van der Waals surface area (Å²) in [5.74, 6) is 0.340. The Hall–Kier alpha value is -4.65. The Kier molecular flexibility index (Phi) is 14.6. The lowest BCUT2D eigenvalue weighted by Gasteiger charge is -2.41. The van der Waals surface area contributed by atoms with Crippen LogP contribution in [-0.2, 0) is 16.6 Å². The second kappa shape index (κ2) is 20.0. The van der Waals surface area contributed by atoms with Gasteiger partial charge in [-0.25, -0.2) is 13.1 Å². The van der Waals surface area contributed by atoms with Crippen molar-refractivity contribution in [2.45, 2.75) is 28.8 Å². The van der Waals surface area contributed by atoms with Crippen molar-refractivity contribution in [1.82, 2.24) is 14.5 Å². The van der Waals surface area contributed by atoms with Crippen LogP contribution in [0.5, 0.6) is 0 Å². The maximum absolute atomic E-state index is 13.5. The summed E-state index contributed by atoms with van der Waals surface area (Å²) in [6.07, 6.45) is 0.598. The average molecular weight is 906 g/mol. The van der Waals surface area contributed by atoms with Gasteiger partial charge in [-0.05, 0) is 83.8 Å². The zero-order chi connectivity index (χ0) is 43.0. The molecule has 13 nitrogen and oxygen atoms in total. The van der Waals surface area contributed by atoms with Crippen molar-refractivity contribution in [1.29, 1.82) is 0 Å². The number of piperazine rings is 1. The molecule has 5 aromatic carbocycles. The van der Waals surface area contributed by atoms with Gasteiger partial charge in [-0.2, -0.15) is 10.6 Å². The minimum Gasteiger partial charge on any atom is -0.376 e. The van der Waals surface area contributed by atoms with Gasteiger partial charge in [0.2, 0.25) is 0 Å². The van der Waals surface area contributed by atoms with Crippen LogP contribution >= 0.6 is 34.0 Å². The minimum atomic E-state index is -4.48. The molecular formula is C44H49ClN6O7S3. The molecule has 0 spiro atoms. The van der Waals surface area contributed by atoms with Crippen LogP contribution in [0.15, 0.2) is 131 Å². The number of carbonyl (C=O) groups excluding carboxylic acids is 1. The van der Waals surface area contributed by atoms with Gasteiger partial charge in [0.25, 0.3) is 21.6 Å². The predicted octanol–water partition coefficient (Wildman–Crippen LogP) is 8.39. The smallest absolute Gasteiger partial charge is 0.293 e. The average Bonchev–Trinajstić information content (AvgIpc) is 3.26. The molecule has 1 amide bonds. The van der Waals surface area contributed by atoms with E-state index >= 15 is 0 Å². The molecule has 2 heterocycles. The molecule has 4 N–H and O–H groups in total. The molecule has 61 heavy (non-hydrogen) atoms. The van der Waals surface area contributed by atoms with Crippen molar-refractivity contribution in [2.75, 3.05) is 73.3 Å². The van der Waals surface area contributed by atoms with Gasteiger partial charge in [0.05, 0.1) is 21.3 Å². The van der Waals surface area contributed by atoms with Gasteiger partial charge < -0.3 is 15.1 Å². The normalized spacial score (nSPS) is 17.0. The van der Waals surface area contributed by atoms with E-state index in [2.05, 4.69) is 42.9 Å². The Morgan fingerprint density at radius 3 is 2.18 bits per heavy atom. The highest BCUT2D eigenvalue weighted by atomic mass is 35.5. The third-order valence-corrected chi connectivity index (χ3v) is 15.3. The first kappa shape index (κ1) is 44.4. The maximum Gasteiger partial charge on any atom is 0.293 e. The second-order valence-electron chi connectivity index (χ2n) is 15.2. The second-order valence-corrected chi connectivity index (χ2v) is 20.8. The Labute approximate surface area is 367 Å². The van der Waals surface area contributed by atoms with Crippen molar-refractivity contribution in [3.05, 3.63) is 148 Å². The molecule has 0 bridgehead atoms. The monoisotopic (exact) mass is 904 g/mol. The number of nitrogens with zero attached hydrogens (tertiary/aromatic N) is 4. The number of carbonyl (C=O) groups is 1. The highest BCUT2D eigenvalue weighted by Gasteiger charge is 2.27. The summed E-state index contributed by atoms with van der Waals surface area (Å²) in [6, 6.07) is 36.0. The largest absolute Gasteiger partial charge is 0.376 e. The highest BCUT2D eigenvalue weighted by Crippen LogP contribution is 2.40. The molecule has 2 aliphatic rings. The van der Waals surface area contributed by atoms with Crippen molar-refractivity contribution in [3.63, 3.8) is 0 Å². The highest BCUT2D eigenvalue weighted by molar-refractivity contribution is 8.24. The Bertz CT molecular complexity index is 2400. The van der Waals surface area contributed by atoms with Crippen LogP contribution in [0, 0.1) is 10.1 Å². The van der Waals surface area contributed by atoms with E-state index in [0.717, 1.165) is 66.1 Å². The zero-order valence-corrected chi connectivity index (χ0v) is 36.6. The fourth-order valence-electron chi connectivity index (χ4n) is 7.47. The summed E-state index contributed by atoms with van der Waals surface area (Å²) in [5.41, 5.74) is 4.20. The maximum atomic E-state index is 13.5. The summed E-state index contributed by atoms with van der Waals surface area (Å²) < 4.78 is 49.1. The fourth-order valence-corrected chi connectivity index (χ4v) is 11.0. The lowest BCUT2D eigenvalue weighted by molar-refractivity contribution is -0.384. The first-order chi connectivity index (χ1) is 29.3. The van der Waals surface area contributed by atoms with E-state index in [4.69, 9.17) is 11.6 Å². The number of rotatable bonds is 16. The summed E-state index contributed by atoms with van der Waals surface area (Å²) in [5, 5.41) is 16.3. The van der Waals surface area contributed by atoms with Crippen molar-refractivity contribution >= 4 is 66.9 Å². The Morgan fingerprint density at radius 1 is 0.836 bits per heavy atom. The molecule has 1 atom stereocenters. The molecule has 2 fully saturated rings. The third kappa shape index (κ3) is 12.0. The van der Waals surface area contributed by atoms with Crippen LogP contribution in [0.3, 0.4) is 0 Å². The molecule has 5 aromatic rings. The van der Waals surface area contributed by atoms with Crippen LogP contribution < -0.4 is 14.9 Å². The molecule has 0 unspecified atom stereocenters. The lowest BCUT2D eigenvalue weighted by Crippen LogP contribution is -2.46. The number of nitro groups is 1. The number of benzene rings is 5. The number of nitro benzene ring substituents is 1. The molecule has 0 saturated carbocycles. The van der Waals surface area contributed by atoms with Gasteiger partial charge in [-0.15, -0.1) is 11.8 Å². The summed E-state index contributed by atoms with van der Waals surface area (Å²) in [7, 11) is -7.03. The van der Waals surface area contributed by atoms with E-state index in [1.807, 2.05) is 60.7 Å². The molecule has 0 aliphatic carbocycles. The standard InChI is InChI=1S/C44H49ClN6O7S3/c45-36-13-17-41(33-7-3-1-4-8-33)35(29-36)31-49-21-23-50(24-22-49)38-14-11-34(12-15-38)44(52)47-61(57,58)40-16-18-42(43(30-40)51(53)54)46-37(32-59-39-9-5-2-6-10-39)19-20-48-25-27-60(55,56)28-26-48/h1-18,29-30,37,46,55-56H,19-28,31-32H2,(H,47,52)/t37-/m1/s1. The first-order valence-corrected chi connectivity index (χ1v) is 24.7. The first-order valence-electron chi connectivity index (χ1n) is 20.0. The number of anilines is 2. The Balaban J connectivity index is 0.963. The SMILES string of the molecule is O=C(NS(=O)(=O)c1ccc(N[C@H](CCN2CCS(O)(O)CC2)CSc2ccccc2)c([N+](=O)[O-])c1)c1ccc(N2CCN(Cc3cc(Cl)ccc3-c3ccccc3)CC2)cc1. The molecule has 2 aliphatic heterocycles. The quantitative estimate of drug-likeness (QED) is 0.0425. The van der Waals surface area contributed by atoms with E-state index in [1.54, 1.807) is 36.0 Å². The Morgan fingerprint density at radius 2 is 1.51 bits per heavy atom. The summed E-state index contributed by atoms with van der Waals surface area (Å²) in [4.78, 5) is 32.3. The van der Waals surface area contributed by atoms with Crippen LogP contribution in [0.1, 0.15) is 22.3 Å². The van der Waals surface area contributed by atoms with Gasteiger partial charge in [-0.1, -0.05) is 66.2 Å².